The lowest BCUT2D eigenvalue weighted by Crippen LogP contribution is -1.93. The Balaban J connectivity index is 2.34. The molecule has 0 aliphatic carbocycles. The SMILES string of the molecule is Fc1ccc(C(Cl)c2ccccc2)cc1Br. The third-order valence-electron chi connectivity index (χ3n) is 2.33. The molecule has 0 heterocycles. The minimum Gasteiger partial charge on any atom is -0.206 e. The average molecular weight is 300 g/mol. The third-order valence-corrected chi connectivity index (χ3v) is 3.44. The fraction of sp³-hybridized carbons (Fsp3) is 0.0769. The van der Waals surface area contributed by atoms with Crippen LogP contribution in [0.2, 0.25) is 0 Å². The predicted molar refractivity (Wildman–Crippen MR) is 68.2 cm³/mol. The molecule has 0 spiro atoms. The van der Waals surface area contributed by atoms with Crippen LogP contribution in [0.4, 0.5) is 4.39 Å². The molecule has 0 radical (unpaired) electrons. The summed E-state index contributed by atoms with van der Waals surface area (Å²) < 4.78 is 13.5. The lowest BCUT2D eigenvalue weighted by molar-refractivity contribution is 0.620. The van der Waals surface area contributed by atoms with Crippen molar-refractivity contribution in [3.63, 3.8) is 0 Å². The van der Waals surface area contributed by atoms with Crippen LogP contribution in [0.25, 0.3) is 0 Å². The summed E-state index contributed by atoms with van der Waals surface area (Å²) in [5, 5.41) is -0.252. The Labute approximate surface area is 107 Å². The van der Waals surface area contributed by atoms with Crippen LogP contribution in [0, 0.1) is 5.82 Å². The highest BCUT2D eigenvalue weighted by molar-refractivity contribution is 9.10. The number of halogens is 3. The minimum atomic E-state index is -0.277. The van der Waals surface area contributed by atoms with Crippen molar-refractivity contribution < 1.29 is 4.39 Å². The molecule has 0 saturated heterocycles. The van der Waals surface area contributed by atoms with Crippen LogP contribution in [0.15, 0.2) is 53.0 Å². The Morgan fingerprint density at radius 1 is 1.00 bits per heavy atom. The van der Waals surface area contributed by atoms with E-state index in [2.05, 4.69) is 15.9 Å². The molecule has 0 aliphatic heterocycles. The molecule has 82 valence electrons. The topological polar surface area (TPSA) is 0 Å². The molecule has 16 heavy (non-hydrogen) atoms. The van der Waals surface area contributed by atoms with Crippen LogP contribution in [-0.2, 0) is 0 Å². The number of hydrogen-bond donors (Lipinski definition) is 0. The van der Waals surface area contributed by atoms with Gasteiger partial charge in [0.05, 0.1) is 9.85 Å². The second-order valence-electron chi connectivity index (χ2n) is 3.45. The summed E-state index contributed by atoms with van der Waals surface area (Å²) in [6.07, 6.45) is 0. The van der Waals surface area contributed by atoms with Crippen LogP contribution >= 0.6 is 27.5 Å². The van der Waals surface area contributed by atoms with Crippen molar-refractivity contribution in [2.24, 2.45) is 0 Å². The molecular weight excluding hydrogens is 290 g/mol. The quantitative estimate of drug-likeness (QED) is 0.691. The third kappa shape index (κ3) is 2.45. The van der Waals surface area contributed by atoms with Gasteiger partial charge in [-0.3, -0.25) is 0 Å². The fourth-order valence-electron chi connectivity index (χ4n) is 1.48. The van der Waals surface area contributed by atoms with E-state index in [1.807, 2.05) is 30.3 Å². The molecule has 0 nitrogen and oxygen atoms in total. The molecular formula is C13H9BrClF. The normalized spacial score (nSPS) is 12.4. The summed E-state index contributed by atoms with van der Waals surface area (Å²) in [4.78, 5) is 0. The lowest BCUT2D eigenvalue weighted by atomic mass is 10.0. The highest BCUT2D eigenvalue weighted by atomic mass is 79.9. The average Bonchev–Trinajstić information content (AvgIpc) is 2.33. The van der Waals surface area contributed by atoms with Crippen molar-refractivity contribution in [2.75, 3.05) is 0 Å². The molecule has 0 aliphatic rings. The Bertz CT molecular complexity index is 485. The van der Waals surface area contributed by atoms with Crippen LogP contribution in [0.3, 0.4) is 0 Å². The van der Waals surface area contributed by atoms with Crippen molar-refractivity contribution in [3.05, 3.63) is 69.9 Å². The van der Waals surface area contributed by atoms with Gasteiger partial charge in [-0.25, -0.2) is 4.39 Å². The van der Waals surface area contributed by atoms with E-state index in [4.69, 9.17) is 11.6 Å². The summed E-state index contributed by atoms with van der Waals surface area (Å²) in [7, 11) is 0. The van der Waals surface area contributed by atoms with Gasteiger partial charge < -0.3 is 0 Å². The number of hydrogen-bond acceptors (Lipinski definition) is 0. The Morgan fingerprint density at radius 2 is 1.69 bits per heavy atom. The Hall–Kier alpha value is -0.860. The van der Waals surface area contributed by atoms with Crippen LogP contribution < -0.4 is 0 Å². The standard InChI is InChI=1S/C13H9BrClF/c14-11-8-10(6-7-12(11)16)13(15)9-4-2-1-3-5-9/h1-8,13H. The zero-order valence-electron chi connectivity index (χ0n) is 8.33. The predicted octanol–water partition coefficient (Wildman–Crippen LogP) is 4.92. The van der Waals surface area contributed by atoms with Gasteiger partial charge in [0.25, 0.3) is 0 Å². The number of rotatable bonds is 2. The first-order valence-electron chi connectivity index (χ1n) is 4.82. The first kappa shape index (κ1) is 11.6. The van der Waals surface area contributed by atoms with Crippen LogP contribution in [-0.4, -0.2) is 0 Å². The summed E-state index contributed by atoms with van der Waals surface area (Å²) in [6, 6.07) is 14.5. The second kappa shape index (κ2) is 4.98. The van der Waals surface area contributed by atoms with Crippen LogP contribution in [0.5, 0.6) is 0 Å². The van der Waals surface area contributed by atoms with Gasteiger partial charge in [0.1, 0.15) is 5.82 Å². The van der Waals surface area contributed by atoms with Gasteiger partial charge in [0.15, 0.2) is 0 Å². The largest absolute Gasteiger partial charge is 0.206 e. The first-order valence-corrected chi connectivity index (χ1v) is 6.05. The molecule has 2 aromatic carbocycles. The summed E-state index contributed by atoms with van der Waals surface area (Å²) in [5.74, 6) is -0.277. The smallest absolute Gasteiger partial charge is 0.137 e. The van der Waals surface area contributed by atoms with Crippen molar-refractivity contribution in [2.45, 2.75) is 5.38 Å². The maximum atomic E-state index is 13.1. The Morgan fingerprint density at radius 3 is 2.31 bits per heavy atom. The number of alkyl halides is 1. The molecule has 0 fully saturated rings. The summed E-state index contributed by atoms with van der Waals surface area (Å²) >= 11 is 9.47. The van der Waals surface area contributed by atoms with Crippen molar-refractivity contribution in [1.29, 1.82) is 0 Å². The molecule has 0 bridgehead atoms. The lowest BCUT2D eigenvalue weighted by Gasteiger charge is -2.10. The van der Waals surface area contributed by atoms with E-state index in [0.29, 0.717) is 4.47 Å². The van der Waals surface area contributed by atoms with Gasteiger partial charge in [-0.1, -0.05) is 36.4 Å². The zero-order chi connectivity index (χ0) is 11.5. The van der Waals surface area contributed by atoms with E-state index in [1.165, 1.54) is 6.07 Å². The molecule has 0 aromatic heterocycles. The fourth-order valence-corrected chi connectivity index (χ4v) is 2.16. The van der Waals surface area contributed by atoms with E-state index < -0.39 is 0 Å². The van der Waals surface area contributed by atoms with Gasteiger partial charge in [0.2, 0.25) is 0 Å². The summed E-state index contributed by atoms with van der Waals surface area (Å²) in [6.45, 7) is 0. The minimum absolute atomic E-state index is 0.252. The van der Waals surface area contributed by atoms with E-state index in [0.717, 1.165) is 11.1 Å². The zero-order valence-corrected chi connectivity index (χ0v) is 10.7. The van der Waals surface area contributed by atoms with Gasteiger partial charge in [-0.2, -0.15) is 0 Å². The number of benzene rings is 2. The monoisotopic (exact) mass is 298 g/mol. The molecule has 2 aromatic rings. The van der Waals surface area contributed by atoms with Gasteiger partial charge in [0, 0.05) is 0 Å². The van der Waals surface area contributed by atoms with E-state index >= 15 is 0 Å². The molecule has 0 amide bonds. The highest BCUT2D eigenvalue weighted by Gasteiger charge is 2.11. The van der Waals surface area contributed by atoms with Gasteiger partial charge >= 0.3 is 0 Å². The van der Waals surface area contributed by atoms with Crippen molar-refractivity contribution >= 4 is 27.5 Å². The molecule has 1 unspecified atom stereocenters. The highest BCUT2D eigenvalue weighted by Crippen LogP contribution is 2.30. The van der Waals surface area contributed by atoms with E-state index in [-0.39, 0.29) is 11.2 Å². The molecule has 0 saturated carbocycles. The molecule has 2 rings (SSSR count). The molecule has 3 heteroatoms. The maximum Gasteiger partial charge on any atom is 0.137 e. The van der Waals surface area contributed by atoms with E-state index in [1.54, 1.807) is 12.1 Å². The van der Waals surface area contributed by atoms with Gasteiger partial charge in [-0.05, 0) is 39.2 Å². The molecule has 1 atom stereocenters. The second-order valence-corrected chi connectivity index (χ2v) is 4.74. The van der Waals surface area contributed by atoms with Crippen molar-refractivity contribution in [3.8, 4) is 0 Å². The Kier molecular flexibility index (Phi) is 3.62. The first-order chi connectivity index (χ1) is 7.68. The van der Waals surface area contributed by atoms with Crippen LogP contribution in [0.1, 0.15) is 16.5 Å². The van der Waals surface area contributed by atoms with Crippen molar-refractivity contribution in [1.82, 2.24) is 0 Å². The maximum absolute atomic E-state index is 13.1. The van der Waals surface area contributed by atoms with E-state index in [9.17, 15) is 4.39 Å². The molecule has 0 N–H and O–H groups in total. The van der Waals surface area contributed by atoms with Gasteiger partial charge in [-0.15, -0.1) is 11.6 Å². The summed E-state index contributed by atoms with van der Waals surface area (Å²) in [5.41, 5.74) is 1.88.